The van der Waals surface area contributed by atoms with Crippen molar-refractivity contribution in [3.05, 3.63) is 5.01 Å². The molecule has 1 atom stereocenters. The van der Waals surface area contributed by atoms with Crippen molar-refractivity contribution in [1.82, 2.24) is 15.5 Å². The minimum Gasteiger partial charge on any atom is -0.378 e. The SMILES string of the molecule is C1CNCC(c2nnc(N3CCOCC3)s2)C1. The van der Waals surface area contributed by atoms with E-state index in [1.807, 2.05) is 0 Å². The van der Waals surface area contributed by atoms with Crippen molar-refractivity contribution in [2.24, 2.45) is 0 Å². The standard InChI is InChI=1S/C11H18N4OS/c1-2-9(8-12-3-1)10-13-14-11(17-10)15-4-6-16-7-5-15/h9,12H,1-8H2. The van der Waals surface area contributed by atoms with Crippen LogP contribution in [0.3, 0.4) is 0 Å². The van der Waals surface area contributed by atoms with Gasteiger partial charge < -0.3 is 15.0 Å². The van der Waals surface area contributed by atoms with Crippen LogP contribution in [-0.2, 0) is 4.74 Å². The zero-order chi connectivity index (χ0) is 11.5. The molecule has 0 aromatic carbocycles. The Morgan fingerprint density at radius 2 is 2.18 bits per heavy atom. The van der Waals surface area contributed by atoms with Crippen molar-refractivity contribution in [3.63, 3.8) is 0 Å². The number of ether oxygens (including phenoxy) is 1. The van der Waals surface area contributed by atoms with Crippen molar-refractivity contribution in [2.45, 2.75) is 18.8 Å². The largest absolute Gasteiger partial charge is 0.378 e. The lowest BCUT2D eigenvalue weighted by atomic mass is 10.0. The zero-order valence-corrected chi connectivity index (χ0v) is 10.7. The summed E-state index contributed by atoms with van der Waals surface area (Å²) in [6.45, 7) is 5.69. The van der Waals surface area contributed by atoms with Crippen LogP contribution in [0.15, 0.2) is 0 Å². The number of hydrogen-bond donors (Lipinski definition) is 1. The Bertz CT molecular complexity index is 326. The summed E-state index contributed by atoms with van der Waals surface area (Å²) >= 11 is 1.75. The van der Waals surface area contributed by atoms with E-state index >= 15 is 0 Å². The Morgan fingerprint density at radius 1 is 1.29 bits per heavy atom. The predicted molar refractivity (Wildman–Crippen MR) is 67.8 cm³/mol. The molecule has 1 N–H and O–H groups in total. The Balaban J connectivity index is 1.68. The number of aromatic nitrogens is 2. The average Bonchev–Trinajstić information content (AvgIpc) is 2.90. The van der Waals surface area contributed by atoms with E-state index in [4.69, 9.17) is 4.74 Å². The highest BCUT2D eigenvalue weighted by atomic mass is 32.1. The molecule has 0 spiro atoms. The molecule has 94 valence electrons. The molecule has 5 nitrogen and oxygen atoms in total. The van der Waals surface area contributed by atoms with Gasteiger partial charge in [0.2, 0.25) is 5.13 Å². The van der Waals surface area contributed by atoms with E-state index in [9.17, 15) is 0 Å². The number of anilines is 1. The van der Waals surface area contributed by atoms with Crippen molar-refractivity contribution in [3.8, 4) is 0 Å². The van der Waals surface area contributed by atoms with E-state index in [0.717, 1.165) is 44.5 Å². The van der Waals surface area contributed by atoms with Crippen LogP contribution in [0.5, 0.6) is 0 Å². The third kappa shape index (κ3) is 2.59. The molecule has 0 aliphatic carbocycles. The lowest BCUT2D eigenvalue weighted by Crippen LogP contribution is -2.36. The molecule has 0 saturated carbocycles. The van der Waals surface area contributed by atoms with Crippen LogP contribution < -0.4 is 10.2 Å². The number of piperidine rings is 1. The van der Waals surface area contributed by atoms with Gasteiger partial charge in [0.25, 0.3) is 0 Å². The summed E-state index contributed by atoms with van der Waals surface area (Å²) in [4.78, 5) is 2.28. The van der Waals surface area contributed by atoms with E-state index < -0.39 is 0 Å². The molecular formula is C11H18N4OS. The summed E-state index contributed by atoms with van der Waals surface area (Å²) in [6.07, 6.45) is 2.49. The fraction of sp³-hybridized carbons (Fsp3) is 0.818. The van der Waals surface area contributed by atoms with Gasteiger partial charge in [-0.3, -0.25) is 0 Å². The normalized spacial score (nSPS) is 26.1. The summed E-state index contributed by atoms with van der Waals surface area (Å²) in [6, 6.07) is 0. The van der Waals surface area contributed by atoms with E-state index in [0.29, 0.717) is 5.92 Å². The van der Waals surface area contributed by atoms with Crippen molar-refractivity contribution >= 4 is 16.5 Å². The van der Waals surface area contributed by atoms with E-state index in [1.54, 1.807) is 11.3 Å². The maximum Gasteiger partial charge on any atom is 0.208 e. The highest BCUT2D eigenvalue weighted by Gasteiger charge is 2.22. The molecule has 2 fully saturated rings. The molecular weight excluding hydrogens is 236 g/mol. The maximum absolute atomic E-state index is 5.35. The first-order valence-electron chi connectivity index (χ1n) is 6.30. The fourth-order valence-electron chi connectivity index (χ4n) is 2.34. The Hall–Kier alpha value is -0.720. The molecule has 6 heteroatoms. The van der Waals surface area contributed by atoms with Gasteiger partial charge in [-0.05, 0) is 19.4 Å². The van der Waals surface area contributed by atoms with Crippen LogP contribution in [0.4, 0.5) is 5.13 Å². The first-order chi connectivity index (χ1) is 8.43. The van der Waals surface area contributed by atoms with Gasteiger partial charge >= 0.3 is 0 Å². The van der Waals surface area contributed by atoms with Crippen molar-refractivity contribution in [2.75, 3.05) is 44.3 Å². The predicted octanol–water partition coefficient (Wildman–Crippen LogP) is 0.842. The van der Waals surface area contributed by atoms with Crippen LogP contribution in [0.25, 0.3) is 0 Å². The second-order valence-electron chi connectivity index (χ2n) is 4.57. The number of hydrogen-bond acceptors (Lipinski definition) is 6. The molecule has 0 radical (unpaired) electrons. The summed E-state index contributed by atoms with van der Waals surface area (Å²) in [7, 11) is 0. The summed E-state index contributed by atoms with van der Waals surface area (Å²) in [5.41, 5.74) is 0. The monoisotopic (exact) mass is 254 g/mol. The van der Waals surface area contributed by atoms with E-state index in [1.165, 1.54) is 17.8 Å². The topological polar surface area (TPSA) is 50.3 Å². The third-order valence-electron chi connectivity index (χ3n) is 3.36. The summed E-state index contributed by atoms with van der Waals surface area (Å²) < 4.78 is 5.35. The molecule has 1 unspecified atom stereocenters. The minimum absolute atomic E-state index is 0.566. The maximum atomic E-state index is 5.35. The number of morpholine rings is 1. The van der Waals surface area contributed by atoms with Gasteiger partial charge in [0.05, 0.1) is 13.2 Å². The van der Waals surface area contributed by atoms with Crippen molar-refractivity contribution in [1.29, 1.82) is 0 Å². The molecule has 2 aliphatic rings. The van der Waals surface area contributed by atoms with Crippen LogP contribution in [-0.4, -0.2) is 49.6 Å². The first-order valence-corrected chi connectivity index (χ1v) is 7.12. The van der Waals surface area contributed by atoms with Gasteiger partial charge in [-0.15, -0.1) is 10.2 Å². The molecule has 1 aromatic heterocycles. The Kier molecular flexibility index (Phi) is 3.54. The highest BCUT2D eigenvalue weighted by Crippen LogP contribution is 2.30. The smallest absolute Gasteiger partial charge is 0.208 e. The van der Waals surface area contributed by atoms with Gasteiger partial charge in [0.1, 0.15) is 5.01 Å². The molecule has 0 bridgehead atoms. The van der Waals surface area contributed by atoms with Gasteiger partial charge in [-0.25, -0.2) is 0 Å². The summed E-state index contributed by atoms with van der Waals surface area (Å²) in [5.74, 6) is 0.566. The third-order valence-corrected chi connectivity index (χ3v) is 4.50. The van der Waals surface area contributed by atoms with E-state index in [-0.39, 0.29) is 0 Å². The number of rotatable bonds is 2. The lowest BCUT2D eigenvalue weighted by molar-refractivity contribution is 0.122. The Morgan fingerprint density at radius 3 is 2.94 bits per heavy atom. The zero-order valence-electron chi connectivity index (χ0n) is 9.89. The quantitative estimate of drug-likeness (QED) is 0.847. The van der Waals surface area contributed by atoms with Gasteiger partial charge in [0.15, 0.2) is 0 Å². The van der Waals surface area contributed by atoms with Crippen LogP contribution >= 0.6 is 11.3 Å². The van der Waals surface area contributed by atoms with Gasteiger partial charge in [0, 0.05) is 25.6 Å². The second-order valence-corrected chi connectivity index (χ2v) is 5.55. The van der Waals surface area contributed by atoms with Crippen LogP contribution in [0.2, 0.25) is 0 Å². The van der Waals surface area contributed by atoms with Gasteiger partial charge in [-0.2, -0.15) is 0 Å². The molecule has 1 aromatic rings. The van der Waals surface area contributed by atoms with Gasteiger partial charge in [-0.1, -0.05) is 11.3 Å². The fourth-order valence-corrected chi connectivity index (χ4v) is 3.37. The Labute approximate surface area is 105 Å². The number of nitrogens with zero attached hydrogens (tertiary/aromatic N) is 3. The molecule has 2 aliphatic heterocycles. The minimum atomic E-state index is 0.566. The molecule has 2 saturated heterocycles. The first kappa shape index (κ1) is 11.4. The molecule has 3 heterocycles. The molecule has 0 amide bonds. The lowest BCUT2D eigenvalue weighted by Gasteiger charge is -2.25. The second kappa shape index (κ2) is 5.29. The van der Waals surface area contributed by atoms with Crippen LogP contribution in [0.1, 0.15) is 23.8 Å². The van der Waals surface area contributed by atoms with Crippen LogP contribution in [0, 0.1) is 0 Å². The molecule has 17 heavy (non-hydrogen) atoms. The highest BCUT2D eigenvalue weighted by molar-refractivity contribution is 7.15. The average molecular weight is 254 g/mol. The number of nitrogens with one attached hydrogen (secondary N) is 1. The van der Waals surface area contributed by atoms with Crippen molar-refractivity contribution < 1.29 is 4.74 Å². The summed E-state index contributed by atoms with van der Waals surface area (Å²) in [5, 5.41) is 14.4. The van der Waals surface area contributed by atoms with E-state index in [2.05, 4.69) is 20.4 Å². The molecule has 3 rings (SSSR count).